The highest BCUT2D eigenvalue weighted by molar-refractivity contribution is 7.13. The molecule has 1 aromatic carbocycles. The Balaban J connectivity index is 0.00000450. The number of nitrogens with zero attached hydrogens (tertiary/aromatic N) is 2. The van der Waals surface area contributed by atoms with Gasteiger partial charge in [-0.1, -0.05) is 47.0 Å². The van der Waals surface area contributed by atoms with E-state index < -0.39 is 0 Å². The first kappa shape index (κ1) is 26.6. The van der Waals surface area contributed by atoms with Crippen LogP contribution in [0.5, 0.6) is 0 Å². The van der Waals surface area contributed by atoms with Crippen LogP contribution in [0.15, 0.2) is 29.6 Å². The second-order valence-corrected chi connectivity index (χ2v) is 8.89. The molecule has 0 amide bonds. The summed E-state index contributed by atoms with van der Waals surface area (Å²) in [6.45, 7) is 17.9. The summed E-state index contributed by atoms with van der Waals surface area (Å²) in [4.78, 5) is 6.42. The van der Waals surface area contributed by atoms with Crippen LogP contribution in [0.2, 0.25) is 0 Å². The molecule has 3 heteroatoms. The highest BCUT2D eigenvalue weighted by Gasteiger charge is 2.16. The first-order valence-corrected chi connectivity index (χ1v) is 12.7. The highest BCUT2D eigenvalue weighted by Crippen LogP contribution is 2.37. The molecule has 0 aliphatic carbocycles. The van der Waals surface area contributed by atoms with E-state index in [0.29, 0.717) is 0 Å². The predicted molar refractivity (Wildman–Crippen MR) is 141 cm³/mol. The van der Waals surface area contributed by atoms with Gasteiger partial charge in [0.1, 0.15) is 0 Å². The molecule has 0 saturated carbocycles. The van der Waals surface area contributed by atoms with E-state index in [0.717, 1.165) is 32.1 Å². The number of thiophene rings is 1. The molecule has 2 rings (SSSR count). The first-order chi connectivity index (χ1) is 14.1. The fraction of sp³-hybridized carbons (Fsp3) is 0.630. The van der Waals surface area contributed by atoms with Gasteiger partial charge in [0.2, 0.25) is 0 Å². The molecule has 2 nitrogen and oxygen atoms in total. The molecule has 0 aliphatic rings. The SMILES string of the molecule is C.CCCCC(CC)Cc1ccsc1-c1cc(N(CC)CC)cc(N(CC)CC)c1. The molecule has 0 spiro atoms. The minimum Gasteiger partial charge on any atom is -0.372 e. The lowest BCUT2D eigenvalue weighted by molar-refractivity contribution is 0.450. The largest absolute Gasteiger partial charge is 0.372 e. The van der Waals surface area contributed by atoms with Gasteiger partial charge in [0, 0.05) is 42.4 Å². The number of hydrogen-bond acceptors (Lipinski definition) is 3. The Labute approximate surface area is 191 Å². The second-order valence-electron chi connectivity index (χ2n) is 7.98. The molecule has 0 bridgehead atoms. The summed E-state index contributed by atoms with van der Waals surface area (Å²) in [5, 5.41) is 2.29. The zero-order valence-electron chi connectivity index (χ0n) is 19.6. The molecule has 0 aliphatic heterocycles. The average Bonchev–Trinajstić information content (AvgIpc) is 3.21. The van der Waals surface area contributed by atoms with Crippen LogP contribution < -0.4 is 9.80 Å². The topological polar surface area (TPSA) is 6.48 Å². The van der Waals surface area contributed by atoms with Crippen molar-refractivity contribution in [3.05, 3.63) is 35.2 Å². The minimum absolute atomic E-state index is 0. The lowest BCUT2D eigenvalue weighted by Crippen LogP contribution is -2.24. The van der Waals surface area contributed by atoms with Gasteiger partial charge >= 0.3 is 0 Å². The smallest absolute Gasteiger partial charge is 0.0393 e. The van der Waals surface area contributed by atoms with E-state index >= 15 is 0 Å². The normalized spacial score (nSPS) is 11.8. The fourth-order valence-electron chi connectivity index (χ4n) is 4.27. The summed E-state index contributed by atoms with van der Waals surface area (Å²) < 4.78 is 0. The molecule has 1 unspecified atom stereocenters. The molecule has 0 saturated heterocycles. The Morgan fingerprint density at radius 3 is 1.87 bits per heavy atom. The Bertz CT molecular complexity index is 683. The summed E-state index contributed by atoms with van der Waals surface area (Å²) >= 11 is 1.91. The molecule has 30 heavy (non-hydrogen) atoms. The van der Waals surface area contributed by atoms with E-state index in [2.05, 4.69) is 81.0 Å². The summed E-state index contributed by atoms with van der Waals surface area (Å²) in [6, 6.07) is 9.59. The average molecular weight is 431 g/mol. The lowest BCUT2D eigenvalue weighted by atomic mass is 9.91. The number of unbranched alkanes of at least 4 members (excludes halogenated alkanes) is 1. The van der Waals surface area contributed by atoms with Gasteiger partial charge in [-0.25, -0.2) is 0 Å². The van der Waals surface area contributed by atoms with Crippen LogP contribution in [-0.4, -0.2) is 26.2 Å². The van der Waals surface area contributed by atoms with E-state index in [1.165, 1.54) is 53.9 Å². The van der Waals surface area contributed by atoms with Crippen molar-refractivity contribution in [1.82, 2.24) is 0 Å². The number of rotatable bonds is 13. The Kier molecular flexibility index (Phi) is 12.2. The molecular weight excluding hydrogens is 384 g/mol. The van der Waals surface area contributed by atoms with Gasteiger partial charge in [-0.15, -0.1) is 11.3 Å². The van der Waals surface area contributed by atoms with Crippen LogP contribution in [0.25, 0.3) is 10.4 Å². The zero-order chi connectivity index (χ0) is 21.2. The lowest BCUT2D eigenvalue weighted by Gasteiger charge is -2.27. The van der Waals surface area contributed by atoms with Crippen LogP contribution in [0.3, 0.4) is 0 Å². The standard InChI is InChI=1S/C26H42N2S.CH4/c1-7-13-14-21(8-2)17-22-15-16-29-26(22)23-18-24(27(9-3)10-4)20-25(19-23)28(11-5)12-6;/h15-16,18-21H,7-14,17H2,1-6H3;1H4. The molecule has 170 valence electrons. The number of hydrogen-bond donors (Lipinski definition) is 0. The second kappa shape index (κ2) is 13.7. The van der Waals surface area contributed by atoms with Gasteiger partial charge in [0.25, 0.3) is 0 Å². The van der Waals surface area contributed by atoms with Crippen LogP contribution >= 0.6 is 11.3 Å². The third-order valence-corrected chi connectivity index (χ3v) is 7.23. The van der Waals surface area contributed by atoms with Gasteiger partial charge in [0.15, 0.2) is 0 Å². The molecule has 1 atom stereocenters. The van der Waals surface area contributed by atoms with Crippen molar-refractivity contribution in [2.24, 2.45) is 5.92 Å². The van der Waals surface area contributed by atoms with Crippen LogP contribution in [0.1, 0.15) is 80.2 Å². The molecule has 0 radical (unpaired) electrons. The number of benzene rings is 1. The van der Waals surface area contributed by atoms with Crippen LogP contribution in [0.4, 0.5) is 11.4 Å². The van der Waals surface area contributed by atoms with Crippen molar-refractivity contribution in [1.29, 1.82) is 0 Å². The fourth-order valence-corrected chi connectivity index (χ4v) is 5.20. The van der Waals surface area contributed by atoms with Gasteiger partial charge in [0.05, 0.1) is 0 Å². The van der Waals surface area contributed by atoms with Crippen LogP contribution in [-0.2, 0) is 6.42 Å². The van der Waals surface area contributed by atoms with Gasteiger partial charge in [-0.2, -0.15) is 0 Å². The van der Waals surface area contributed by atoms with E-state index in [-0.39, 0.29) is 7.43 Å². The maximum atomic E-state index is 2.47. The summed E-state index contributed by atoms with van der Waals surface area (Å²) in [6.07, 6.45) is 6.49. The Hall–Kier alpha value is -1.48. The molecule has 1 heterocycles. The third-order valence-electron chi connectivity index (χ3n) is 6.22. The quantitative estimate of drug-likeness (QED) is 0.314. The van der Waals surface area contributed by atoms with Crippen molar-refractivity contribution in [3.8, 4) is 10.4 Å². The van der Waals surface area contributed by atoms with Crippen molar-refractivity contribution in [2.75, 3.05) is 36.0 Å². The van der Waals surface area contributed by atoms with E-state index in [1.54, 1.807) is 5.56 Å². The Morgan fingerprint density at radius 2 is 1.40 bits per heavy atom. The predicted octanol–water partition coefficient (Wildman–Crippen LogP) is 8.50. The van der Waals surface area contributed by atoms with Gasteiger partial charge in [-0.05, 0) is 80.8 Å². The summed E-state index contributed by atoms with van der Waals surface area (Å²) in [7, 11) is 0. The maximum absolute atomic E-state index is 2.47. The van der Waals surface area contributed by atoms with Crippen LogP contribution in [0, 0.1) is 5.92 Å². The van der Waals surface area contributed by atoms with Crippen molar-refractivity contribution in [2.45, 2.75) is 81.1 Å². The van der Waals surface area contributed by atoms with E-state index in [4.69, 9.17) is 0 Å². The highest BCUT2D eigenvalue weighted by atomic mass is 32.1. The molecule has 0 N–H and O–H groups in total. The molecule has 1 aromatic heterocycles. The van der Waals surface area contributed by atoms with Crippen molar-refractivity contribution in [3.63, 3.8) is 0 Å². The number of anilines is 2. The summed E-state index contributed by atoms with van der Waals surface area (Å²) in [5.74, 6) is 0.802. The minimum atomic E-state index is 0. The summed E-state index contributed by atoms with van der Waals surface area (Å²) in [5.41, 5.74) is 5.64. The third kappa shape index (κ3) is 6.77. The van der Waals surface area contributed by atoms with Crippen molar-refractivity contribution < 1.29 is 0 Å². The zero-order valence-corrected chi connectivity index (χ0v) is 20.4. The molecule has 0 fully saturated rings. The van der Waals surface area contributed by atoms with Gasteiger partial charge < -0.3 is 9.80 Å². The van der Waals surface area contributed by atoms with E-state index in [1.807, 2.05) is 11.3 Å². The first-order valence-electron chi connectivity index (χ1n) is 11.8. The Morgan fingerprint density at radius 1 is 0.833 bits per heavy atom. The molecular formula is C27H46N2S. The van der Waals surface area contributed by atoms with E-state index in [9.17, 15) is 0 Å². The monoisotopic (exact) mass is 430 g/mol. The van der Waals surface area contributed by atoms with Gasteiger partial charge in [-0.3, -0.25) is 0 Å². The van der Waals surface area contributed by atoms with Crippen molar-refractivity contribution >= 4 is 22.7 Å². The molecule has 2 aromatic rings. The maximum Gasteiger partial charge on any atom is 0.0393 e.